The zero-order chi connectivity index (χ0) is 17.9. The molecule has 3 heterocycles. The van der Waals surface area contributed by atoms with Gasteiger partial charge in [0.2, 0.25) is 0 Å². The van der Waals surface area contributed by atoms with Crippen LogP contribution in [-0.2, 0) is 6.54 Å². The number of anilines is 1. The van der Waals surface area contributed by atoms with Gasteiger partial charge < -0.3 is 10.3 Å². The molecule has 0 radical (unpaired) electrons. The van der Waals surface area contributed by atoms with Gasteiger partial charge in [-0.15, -0.1) is 0 Å². The van der Waals surface area contributed by atoms with E-state index in [0.29, 0.717) is 11.1 Å². The molecule has 3 aromatic rings. The summed E-state index contributed by atoms with van der Waals surface area (Å²) in [6.45, 7) is 5.23. The van der Waals surface area contributed by atoms with Crippen LogP contribution in [0.3, 0.4) is 0 Å². The minimum Gasteiger partial charge on any atom is -0.343 e. The SMILES string of the molecule is Cc1c(CN2CCSCC2)cccc1NC(=O)c1cncc2[nH]cnc12. The van der Waals surface area contributed by atoms with Gasteiger partial charge in [-0.1, -0.05) is 12.1 Å². The third-order valence-corrected chi connectivity index (χ3v) is 5.71. The predicted octanol–water partition coefficient (Wildman–Crippen LogP) is 3.07. The van der Waals surface area contributed by atoms with Gasteiger partial charge in [0.1, 0.15) is 5.52 Å². The fraction of sp³-hybridized carbons (Fsp3) is 0.316. The molecule has 2 N–H and O–H groups in total. The number of nitrogens with zero attached hydrogens (tertiary/aromatic N) is 3. The first-order valence-corrected chi connectivity index (χ1v) is 9.85. The standard InChI is InChI=1S/C19H21N5OS/c1-13-14(11-24-5-7-26-8-6-24)3-2-4-16(13)23-19(25)15-9-20-10-17-18(15)22-12-21-17/h2-4,9-10,12H,5-8,11H2,1H3,(H,21,22)(H,23,25). The van der Waals surface area contributed by atoms with Crippen molar-refractivity contribution in [2.24, 2.45) is 0 Å². The van der Waals surface area contributed by atoms with E-state index in [4.69, 9.17) is 0 Å². The highest BCUT2D eigenvalue weighted by molar-refractivity contribution is 7.99. The summed E-state index contributed by atoms with van der Waals surface area (Å²) in [4.78, 5) is 26.6. The first kappa shape index (κ1) is 17.1. The quantitative estimate of drug-likeness (QED) is 0.741. The van der Waals surface area contributed by atoms with Crippen molar-refractivity contribution in [2.45, 2.75) is 13.5 Å². The van der Waals surface area contributed by atoms with Gasteiger partial charge in [-0.05, 0) is 24.1 Å². The molecule has 0 atom stereocenters. The summed E-state index contributed by atoms with van der Waals surface area (Å²) in [5.74, 6) is 2.19. The van der Waals surface area contributed by atoms with Crippen molar-refractivity contribution in [1.29, 1.82) is 0 Å². The Morgan fingerprint density at radius 3 is 3.00 bits per heavy atom. The fourth-order valence-electron chi connectivity index (χ4n) is 3.21. The Labute approximate surface area is 156 Å². The highest BCUT2D eigenvalue weighted by Crippen LogP contribution is 2.23. The van der Waals surface area contributed by atoms with Crippen LogP contribution in [0.25, 0.3) is 11.0 Å². The molecule has 1 aromatic carbocycles. The highest BCUT2D eigenvalue weighted by Gasteiger charge is 2.16. The van der Waals surface area contributed by atoms with Crippen LogP contribution in [0, 0.1) is 6.92 Å². The van der Waals surface area contributed by atoms with Crippen LogP contribution in [0.4, 0.5) is 5.69 Å². The van der Waals surface area contributed by atoms with Gasteiger partial charge >= 0.3 is 0 Å². The van der Waals surface area contributed by atoms with Gasteiger partial charge in [0, 0.05) is 43.0 Å². The number of nitrogens with one attached hydrogen (secondary N) is 2. The van der Waals surface area contributed by atoms with E-state index in [1.54, 1.807) is 18.7 Å². The number of carbonyl (C=O) groups is 1. The molecule has 1 saturated heterocycles. The van der Waals surface area contributed by atoms with Crippen molar-refractivity contribution >= 4 is 34.4 Å². The van der Waals surface area contributed by atoms with E-state index in [0.717, 1.165) is 36.4 Å². The van der Waals surface area contributed by atoms with Crippen molar-refractivity contribution in [2.75, 3.05) is 29.9 Å². The van der Waals surface area contributed by atoms with E-state index >= 15 is 0 Å². The summed E-state index contributed by atoms with van der Waals surface area (Å²) in [6.07, 6.45) is 4.80. The van der Waals surface area contributed by atoms with Crippen LogP contribution in [0.15, 0.2) is 36.9 Å². The topological polar surface area (TPSA) is 73.9 Å². The van der Waals surface area contributed by atoms with Crippen LogP contribution >= 0.6 is 11.8 Å². The molecule has 0 aliphatic carbocycles. The zero-order valence-electron chi connectivity index (χ0n) is 14.7. The van der Waals surface area contributed by atoms with Crippen LogP contribution in [0.1, 0.15) is 21.5 Å². The molecule has 6 nitrogen and oxygen atoms in total. The molecule has 4 rings (SSSR count). The molecule has 0 spiro atoms. The second-order valence-electron chi connectivity index (χ2n) is 6.42. The number of aromatic amines is 1. The summed E-state index contributed by atoms with van der Waals surface area (Å²) < 4.78 is 0. The number of rotatable bonds is 4. The number of aromatic nitrogens is 3. The second kappa shape index (κ2) is 7.47. The Hall–Kier alpha value is -2.38. The third kappa shape index (κ3) is 3.45. The number of thioether (sulfide) groups is 1. The lowest BCUT2D eigenvalue weighted by atomic mass is 10.1. The molecular weight excluding hydrogens is 346 g/mol. The molecule has 0 saturated carbocycles. The van der Waals surface area contributed by atoms with Crippen molar-refractivity contribution in [3.63, 3.8) is 0 Å². The maximum atomic E-state index is 12.8. The predicted molar refractivity (Wildman–Crippen MR) is 106 cm³/mol. The van der Waals surface area contributed by atoms with E-state index in [9.17, 15) is 4.79 Å². The summed E-state index contributed by atoms with van der Waals surface area (Å²) >= 11 is 2.01. The van der Waals surface area contributed by atoms with E-state index in [-0.39, 0.29) is 5.91 Å². The van der Waals surface area contributed by atoms with Crippen molar-refractivity contribution in [1.82, 2.24) is 19.9 Å². The average molecular weight is 367 g/mol. The van der Waals surface area contributed by atoms with Gasteiger partial charge in [0.25, 0.3) is 5.91 Å². The van der Waals surface area contributed by atoms with Crippen molar-refractivity contribution in [3.05, 3.63) is 53.6 Å². The van der Waals surface area contributed by atoms with Crippen LogP contribution in [0.2, 0.25) is 0 Å². The number of carbonyl (C=O) groups excluding carboxylic acids is 1. The molecule has 1 fully saturated rings. The lowest BCUT2D eigenvalue weighted by Crippen LogP contribution is -2.32. The Morgan fingerprint density at radius 2 is 2.15 bits per heavy atom. The molecule has 1 aliphatic rings. The third-order valence-electron chi connectivity index (χ3n) is 4.77. The molecule has 134 valence electrons. The van der Waals surface area contributed by atoms with Gasteiger partial charge in [0.05, 0.1) is 23.6 Å². The smallest absolute Gasteiger partial charge is 0.259 e. The van der Waals surface area contributed by atoms with E-state index in [1.807, 2.05) is 23.9 Å². The van der Waals surface area contributed by atoms with E-state index in [1.165, 1.54) is 17.1 Å². The van der Waals surface area contributed by atoms with Crippen LogP contribution in [0.5, 0.6) is 0 Å². The average Bonchev–Trinajstić information content (AvgIpc) is 3.14. The normalized spacial score (nSPS) is 15.3. The molecule has 26 heavy (non-hydrogen) atoms. The van der Waals surface area contributed by atoms with Crippen LogP contribution in [-0.4, -0.2) is 50.4 Å². The number of amides is 1. The molecule has 0 unspecified atom stereocenters. The fourth-order valence-corrected chi connectivity index (χ4v) is 4.19. The monoisotopic (exact) mass is 367 g/mol. The number of pyridine rings is 1. The first-order valence-electron chi connectivity index (χ1n) is 8.69. The Morgan fingerprint density at radius 1 is 1.31 bits per heavy atom. The number of benzene rings is 1. The zero-order valence-corrected chi connectivity index (χ0v) is 15.5. The van der Waals surface area contributed by atoms with E-state index < -0.39 is 0 Å². The summed E-state index contributed by atoms with van der Waals surface area (Å²) in [5.41, 5.74) is 5.07. The number of hydrogen-bond acceptors (Lipinski definition) is 5. The van der Waals surface area contributed by atoms with Crippen LogP contribution < -0.4 is 5.32 Å². The summed E-state index contributed by atoms with van der Waals surface area (Å²) in [7, 11) is 0. The number of hydrogen-bond donors (Lipinski definition) is 2. The van der Waals surface area contributed by atoms with Gasteiger partial charge in [-0.2, -0.15) is 11.8 Å². The lowest BCUT2D eigenvalue weighted by molar-refractivity contribution is 0.102. The molecule has 0 bridgehead atoms. The Bertz CT molecular complexity index is 933. The maximum Gasteiger partial charge on any atom is 0.259 e. The minimum absolute atomic E-state index is 0.190. The highest BCUT2D eigenvalue weighted by atomic mass is 32.2. The van der Waals surface area contributed by atoms with Gasteiger partial charge in [-0.25, -0.2) is 4.98 Å². The second-order valence-corrected chi connectivity index (χ2v) is 7.64. The molecule has 1 aliphatic heterocycles. The number of H-pyrrole nitrogens is 1. The summed E-state index contributed by atoms with van der Waals surface area (Å²) in [5, 5.41) is 3.03. The Balaban J connectivity index is 1.55. The number of fused-ring (bicyclic) bond motifs is 1. The summed E-state index contributed by atoms with van der Waals surface area (Å²) in [6, 6.07) is 6.09. The van der Waals surface area contributed by atoms with E-state index in [2.05, 4.69) is 38.2 Å². The molecule has 2 aromatic heterocycles. The Kier molecular flexibility index (Phi) is 4.90. The maximum absolute atomic E-state index is 12.8. The largest absolute Gasteiger partial charge is 0.343 e. The van der Waals surface area contributed by atoms with Gasteiger partial charge in [0.15, 0.2) is 0 Å². The number of imidazole rings is 1. The van der Waals surface area contributed by atoms with Crippen molar-refractivity contribution < 1.29 is 4.79 Å². The molecule has 1 amide bonds. The molecular formula is C19H21N5OS. The first-order chi connectivity index (χ1) is 12.7. The van der Waals surface area contributed by atoms with Gasteiger partial charge in [-0.3, -0.25) is 14.7 Å². The lowest BCUT2D eigenvalue weighted by Gasteiger charge is -2.27. The molecule has 7 heteroatoms. The minimum atomic E-state index is -0.190. The van der Waals surface area contributed by atoms with Crippen molar-refractivity contribution in [3.8, 4) is 0 Å².